The van der Waals surface area contributed by atoms with Crippen LogP contribution in [0.4, 0.5) is 0 Å². The molecular weight excluding hydrogens is 268 g/mol. The van der Waals surface area contributed by atoms with E-state index in [2.05, 4.69) is 43.3 Å². The highest BCUT2D eigenvalue weighted by atomic mass is 35.5. The Balaban J connectivity index is 2.34. The minimum atomic E-state index is -0.0187. The summed E-state index contributed by atoms with van der Waals surface area (Å²) in [5, 5.41) is 0. The maximum absolute atomic E-state index is 6.35. The number of hydrogen-bond donors (Lipinski definition) is 0. The quantitative estimate of drug-likeness (QED) is 0.692. The molecule has 0 aliphatic rings. The molecular formula is C18H21ClO. The summed E-state index contributed by atoms with van der Waals surface area (Å²) >= 11 is 6.35. The Morgan fingerprint density at radius 2 is 1.80 bits per heavy atom. The summed E-state index contributed by atoms with van der Waals surface area (Å²) in [5.74, 6) is 1.51. The van der Waals surface area contributed by atoms with Crippen molar-refractivity contribution in [2.24, 2.45) is 0 Å². The molecule has 0 aliphatic heterocycles. The highest BCUT2D eigenvalue weighted by molar-refractivity contribution is 6.18. The lowest BCUT2D eigenvalue weighted by Gasteiger charge is -2.31. The molecule has 1 atom stereocenters. The van der Waals surface area contributed by atoms with Crippen molar-refractivity contribution >= 4 is 11.6 Å². The molecule has 2 heteroatoms. The van der Waals surface area contributed by atoms with Crippen LogP contribution in [0.15, 0.2) is 54.6 Å². The molecule has 0 amide bonds. The van der Waals surface area contributed by atoms with Crippen LogP contribution in [-0.2, 0) is 11.8 Å². The summed E-state index contributed by atoms with van der Waals surface area (Å²) in [6.45, 7) is 2.20. The van der Waals surface area contributed by atoms with Gasteiger partial charge < -0.3 is 4.74 Å². The van der Waals surface area contributed by atoms with Crippen molar-refractivity contribution < 1.29 is 4.74 Å². The molecule has 0 heterocycles. The first kappa shape index (κ1) is 14.9. The van der Waals surface area contributed by atoms with Gasteiger partial charge in [-0.2, -0.15) is 0 Å². The molecule has 0 aliphatic carbocycles. The van der Waals surface area contributed by atoms with E-state index in [-0.39, 0.29) is 5.41 Å². The largest absolute Gasteiger partial charge is 0.497 e. The SMILES string of the molecule is CCC(CCl)(Cc1cccc(OC)c1)c1ccccc1. The van der Waals surface area contributed by atoms with Crippen molar-refractivity contribution in [2.75, 3.05) is 13.0 Å². The Morgan fingerprint density at radius 3 is 2.40 bits per heavy atom. The molecule has 0 saturated heterocycles. The second kappa shape index (κ2) is 6.81. The molecule has 2 aromatic rings. The van der Waals surface area contributed by atoms with Gasteiger partial charge in [0.25, 0.3) is 0 Å². The average molecular weight is 289 g/mol. The van der Waals surface area contributed by atoms with E-state index in [1.54, 1.807) is 7.11 Å². The highest BCUT2D eigenvalue weighted by Gasteiger charge is 2.29. The number of hydrogen-bond acceptors (Lipinski definition) is 1. The Hall–Kier alpha value is -1.47. The first-order chi connectivity index (χ1) is 9.74. The van der Waals surface area contributed by atoms with Crippen LogP contribution in [0.2, 0.25) is 0 Å². The van der Waals surface area contributed by atoms with E-state index in [0.29, 0.717) is 5.88 Å². The van der Waals surface area contributed by atoms with Crippen molar-refractivity contribution in [1.82, 2.24) is 0 Å². The zero-order chi connectivity index (χ0) is 14.4. The van der Waals surface area contributed by atoms with Crippen LogP contribution in [0, 0.1) is 0 Å². The van der Waals surface area contributed by atoms with Gasteiger partial charge in [0.2, 0.25) is 0 Å². The Morgan fingerprint density at radius 1 is 1.05 bits per heavy atom. The van der Waals surface area contributed by atoms with Gasteiger partial charge in [0.1, 0.15) is 5.75 Å². The molecule has 106 valence electrons. The molecule has 20 heavy (non-hydrogen) atoms. The first-order valence-corrected chi connectivity index (χ1v) is 7.52. The third-order valence-corrected chi connectivity index (χ3v) is 4.51. The molecule has 2 rings (SSSR count). The van der Waals surface area contributed by atoms with Crippen LogP contribution < -0.4 is 4.74 Å². The van der Waals surface area contributed by atoms with Crippen LogP contribution in [0.1, 0.15) is 24.5 Å². The summed E-state index contributed by atoms with van der Waals surface area (Å²) < 4.78 is 5.31. The van der Waals surface area contributed by atoms with Crippen LogP contribution in [-0.4, -0.2) is 13.0 Å². The van der Waals surface area contributed by atoms with Crippen molar-refractivity contribution in [1.29, 1.82) is 0 Å². The summed E-state index contributed by atoms with van der Waals surface area (Å²) in [6.07, 6.45) is 1.94. The molecule has 2 aromatic carbocycles. The highest BCUT2D eigenvalue weighted by Crippen LogP contribution is 2.34. The fourth-order valence-electron chi connectivity index (χ4n) is 2.61. The van der Waals surface area contributed by atoms with Gasteiger partial charge >= 0.3 is 0 Å². The van der Waals surface area contributed by atoms with Crippen molar-refractivity contribution in [2.45, 2.75) is 25.2 Å². The maximum atomic E-state index is 6.35. The fourth-order valence-corrected chi connectivity index (χ4v) is 3.05. The van der Waals surface area contributed by atoms with Crippen molar-refractivity contribution in [3.8, 4) is 5.75 Å². The Bertz CT molecular complexity index is 532. The van der Waals surface area contributed by atoms with Crippen LogP contribution in [0.5, 0.6) is 5.75 Å². The number of benzene rings is 2. The zero-order valence-corrected chi connectivity index (χ0v) is 12.9. The van der Waals surface area contributed by atoms with Gasteiger partial charge in [-0.1, -0.05) is 49.4 Å². The third-order valence-electron chi connectivity index (χ3n) is 4.00. The summed E-state index contributed by atoms with van der Waals surface area (Å²) in [5.41, 5.74) is 2.55. The number of rotatable bonds is 6. The lowest BCUT2D eigenvalue weighted by Crippen LogP contribution is -2.30. The topological polar surface area (TPSA) is 9.23 Å². The van der Waals surface area contributed by atoms with Crippen LogP contribution in [0.3, 0.4) is 0 Å². The molecule has 0 N–H and O–H groups in total. The standard InChI is InChI=1S/C18H21ClO/c1-3-18(14-19,16-9-5-4-6-10-16)13-15-8-7-11-17(12-15)20-2/h4-12H,3,13-14H2,1-2H3. The molecule has 0 bridgehead atoms. The summed E-state index contributed by atoms with van der Waals surface area (Å²) in [6, 6.07) is 18.8. The molecule has 1 unspecified atom stereocenters. The molecule has 0 spiro atoms. The summed E-state index contributed by atoms with van der Waals surface area (Å²) in [7, 11) is 1.70. The van der Waals surface area contributed by atoms with E-state index in [4.69, 9.17) is 16.3 Å². The molecule has 1 nitrogen and oxygen atoms in total. The van der Waals surface area contributed by atoms with E-state index >= 15 is 0 Å². The molecule has 0 aromatic heterocycles. The monoisotopic (exact) mass is 288 g/mol. The van der Waals surface area contributed by atoms with Gasteiger partial charge in [0.15, 0.2) is 0 Å². The van der Waals surface area contributed by atoms with Crippen LogP contribution in [0.25, 0.3) is 0 Å². The van der Waals surface area contributed by atoms with E-state index in [9.17, 15) is 0 Å². The predicted octanol–water partition coefficient (Wildman–Crippen LogP) is 4.82. The second-order valence-electron chi connectivity index (χ2n) is 5.16. The van der Waals surface area contributed by atoms with Gasteiger partial charge in [-0.25, -0.2) is 0 Å². The van der Waals surface area contributed by atoms with Gasteiger partial charge in [-0.05, 0) is 36.1 Å². The minimum Gasteiger partial charge on any atom is -0.497 e. The lowest BCUT2D eigenvalue weighted by atomic mass is 9.75. The van der Waals surface area contributed by atoms with Gasteiger partial charge in [-0.3, -0.25) is 0 Å². The smallest absolute Gasteiger partial charge is 0.119 e. The third kappa shape index (κ3) is 3.16. The fraction of sp³-hybridized carbons (Fsp3) is 0.333. The van der Waals surface area contributed by atoms with Gasteiger partial charge in [0, 0.05) is 11.3 Å². The molecule has 0 radical (unpaired) electrons. The van der Waals surface area contributed by atoms with E-state index in [1.807, 2.05) is 18.2 Å². The maximum Gasteiger partial charge on any atom is 0.119 e. The van der Waals surface area contributed by atoms with Crippen molar-refractivity contribution in [3.63, 3.8) is 0 Å². The van der Waals surface area contributed by atoms with Crippen LogP contribution >= 0.6 is 11.6 Å². The van der Waals surface area contributed by atoms with E-state index < -0.39 is 0 Å². The number of alkyl halides is 1. The number of methoxy groups -OCH3 is 1. The van der Waals surface area contributed by atoms with Crippen molar-refractivity contribution in [3.05, 3.63) is 65.7 Å². The lowest BCUT2D eigenvalue weighted by molar-refractivity contribution is 0.412. The first-order valence-electron chi connectivity index (χ1n) is 6.98. The van der Waals surface area contributed by atoms with Gasteiger partial charge in [0.05, 0.1) is 7.11 Å². The normalized spacial score (nSPS) is 13.8. The van der Waals surface area contributed by atoms with Gasteiger partial charge in [-0.15, -0.1) is 11.6 Å². The predicted molar refractivity (Wildman–Crippen MR) is 85.8 cm³/mol. The van der Waals surface area contributed by atoms with E-state index in [1.165, 1.54) is 11.1 Å². The zero-order valence-electron chi connectivity index (χ0n) is 12.1. The minimum absolute atomic E-state index is 0.0187. The Kier molecular flexibility index (Phi) is 5.08. The number of ether oxygens (including phenoxy) is 1. The number of halogens is 1. The second-order valence-corrected chi connectivity index (χ2v) is 5.43. The molecule has 0 fully saturated rings. The summed E-state index contributed by atoms with van der Waals surface area (Å²) in [4.78, 5) is 0. The average Bonchev–Trinajstić information content (AvgIpc) is 2.54. The Labute approximate surface area is 126 Å². The molecule has 0 saturated carbocycles. The van der Waals surface area contributed by atoms with E-state index in [0.717, 1.165) is 18.6 Å².